The van der Waals surface area contributed by atoms with Gasteiger partial charge in [0.2, 0.25) is 0 Å². The number of carbonyl (C=O) groups is 1. The summed E-state index contributed by atoms with van der Waals surface area (Å²) in [5, 5.41) is 10.7. The van der Waals surface area contributed by atoms with Gasteiger partial charge in [-0.15, -0.1) is 0 Å². The molecule has 5 rings (SSSR count). The Bertz CT molecular complexity index is 655. The third kappa shape index (κ3) is 3.96. The zero-order valence-corrected chi connectivity index (χ0v) is 21.3. The van der Waals surface area contributed by atoms with Crippen LogP contribution in [0.15, 0.2) is 0 Å². The lowest BCUT2D eigenvalue weighted by Crippen LogP contribution is -2.53. The molecule has 184 valence electrons. The summed E-state index contributed by atoms with van der Waals surface area (Å²) in [6, 6.07) is 0. The lowest BCUT2D eigenvalue weighted by atomic mass is 9.44. The summed E-state index contributed by atoms with van der Waals surface area (Å²) < 4.78 is 6.75. The fourth-order valence-electron chi connectivity index (χ4n) is 9.60. The number of carboxylic acid groups (broad SMARTS) is 1. The number of ether oxygens (including phenoxy) is 1. The van der Waals surface area contributed by atoms with Crippen molar-refractivity contribution in [3.8, 4) is 0 Å². The van der Waals surface area contributed by atoms with E-state index in [1.54, 1.807) is 0 Å². The summed E-state index contributed by atoms with van der Waals surface area (Å²) in [6.45, 7) is 13.4. The SMILES string of the molecule is CC[C@H](C)CN[C@H]1O[C@H]2CC3[C@@H]4CCC5CCCC[C@]5(C)C4CC[C@]3(C)C2[C@@H]1C.O=CO. The minimum atomic E-state index is -0.250. The van der Waals surface area contributed by atoms with Gasteiger partial charge in [0.15, 0.2) is 0 Å². The summed E-state index contributed by atoms with van der Waals surface area (Å²) in [6.07, 6.45) is 15.5. The van der Waals surface area contributed by atoms with Gasteiger partial charge in [-0.1, -0.05) is 53.9 Å². The molecule has 0 aromatic heterocycles. The molecule has 4 saturated carbocycles. The topological polar surface area (TPSA) is 58.6 Å². The minimum Gasteiger partial charge on any atom is -0.483 e. The summed E-state index contributed by atoms with van der Waals surface area (Å²) in [5.74, 6) is 6.14. The maximum atomic E-state index is 8.36. The molecule has 11 atom stereocenters. The average Bonchev–Trinajstić information content (AvgIpc) is 3.25. The van der Waals surface area contributed by atoms with E-state index in [9.17, 15) is 0 Å². The van der Waals surface area contributed by atoms with E-state index in [1.807, 2.05) is 0 Å². The van der Waals surface area contributed by atoms with Crippen molar-refractivity contribution in [2.45, 2.75) is 111 Å². The fraction of sp³-hybridized carbons (Fsp3) is 0.964. The maximum absolute atomic E-state index is 8.36. The van der Waals surface area contributed by atoms with E-state index in [1.165, 1.54) is 64.2 Å². The van der Waals surface area contributed by atoms with Crippen molar-refractivity contribution in [2.75, 3.05) is 6.54 Å². The second kappa shape index (κ2) is 9.56. The van der Waals surface area contributed by atoms with Gasteiger partial charge in [-0.3, -0.25) is 10.1 Å². The molecule has 5 aliphatic rings. The zero-order valence-electron chi connectivity index (χ0n) is 21.3. The van der Waals surface area contributed by atoms with E-state index in [-0.39, 0.29) is 6.47 Å². The number of rotatable bonds is 4. The largest absolute Gasteiger partial charge is 0.483 e. The van der Waals surface area contributed by atoms with Crippen LogP contribution in [-0.4, -0.2) is 30.5 Å². The molecule has 0 spiro atoms. The number of nitrogens with one attached hydrogen (secondary N) is 1. The van der Waals surface area contributed by atoms with Crippen molar-refractivity contribution >= 4 is 6.47 Å². The van der Waals surface area contributed by atoms with Gasteiger partial charge in [-0.2, -0.15) is 0 Å². The van der Waals surface area contributed by atoms with Gasteiger partial charge in [0.25, 0.3) is 6.47 Å². The van der Waals surface area contributed by atoms with Gasteiger partial charge in [0, 0.05) is 12.5 Å². The van der Waals surface area contributed by atoms with Crippen LogP contribution in [0.1, 0.15) is 98.8 Å². The van der Waals surface area contributed by atoms with Crippen LogP contribution in [0, 0.1) is 52.3 Å². The van der Waals surface area contributed by atoms with Gasteiger partial charge < -0.3 is 9.84 Å². The van der Waals surface area contributed by atoms with Crippen molar-refractivity contribution in [3.05, 3.63) is 0 Å². The van der Waals surface area contributed by atoms with Crippen molar-refractivity contribution in [1.29, 1.82) is 0 Å². The van der Waals surface area contributed by atoms with Crippen molar-refractivity contribution in [2.24, 2.45) is 52.3 Å². The maximum Gasteiger partial charge on any atom is 0.290 e. The Morgan fingerprint density at radius 3 is 2.56 bits per heavy atom. The molecule has 5 fully saturated rings. The van der Waals surface area contributed by atoms with Crippen LogP contribution in [0.25, 0.3) is 0 Å². The molecule has 1 saturated heterocycles. The van der Waals surface area contributed by atoms with Crippen molar-refractivity contribution in [3.63, 3.8) is 0 Å². The molecule has 2 N–H and O–H groups in total. The van der Waals surface area contributed by atoms with E-state index >= 15 is 0 Å². The first-order chi connectivity index (χ1) is 15.3. The molecule has 0 aromatic rings. The molecular formula is C28H49NO3. The van der Waals surface area contributed by atoms with Crippen molar-refractivity contribution in [1.82, 2.24) is 5.32 Å². The highest BCUT2D eigenvalue weighted by atomic mass is 16.5. The smallest absolute Gasteiger partial charge is 0.290 e. The Hall–Kier alpha value is -0.610. The Balaban J connectivity index is 0.000000775. The second-order valence-corrected chi connectivity index (χ2v) is 12.7. The normalized spacial score (nSPS) is 50.2. The van der Waals surface area contributed by atoms with Crippen LogP contribution in [0.4, 0.5) is 0 Å². The minimum absolute atomic E-state index is 0.250. The first-order valence-corrected chi connectivity index (χ1v) is 13.8. The molecule has 4 unspecified atom stereocenters. The predicted octanol–water partition coefficient (Wildman–Crippen LogP) is 6.34. The fourth-order valence-corrected chi connectivity index (χ4v) is 9.60. The molecule has 0 radical (unpaired) electrons. The van der Waals surface area contributed by atoms with E-state index in [4.69, 9.17) is 14.6 Å². The molecule has 4 aliphatic carbocycles. The molecule has 1 heterocycles. The van der Waals surface area contributed by atoms with E-state index in [0.29, 0.717) is 29.1 Å². The molecule has 4 heteroatoms. The van der Waals surface area contributed by atoms with Gasteiger partial charge in [0.05, 0.1) is 6.10 Å². The number of hydrogen-bond donors (Lipinski definition) is 2. The van der Waals surface area contributed by atoms with Crippen LogP contribution in [0.2, 0.25) is 0 Å². The third-order valence-corrected chi connectivity index (χ3v) is 11.4. The molecular weight excluding hydrogens is 398 g/mol. The third-order valence-electron chi connectivity index (χ3n) is 11.4. The van der Waals surface area contributed by atoms with Crippen LogP contribution >= 0.6 is 0 Å². The Morgan fingerprint density at radius 2 is 1.84 bits per heavy atom. The van der Waals surface area contributed by atoms with Crippen LogP contribution in [0.3, 0.4) is 0 Å². The lowest BCUT2D eigenvalue weighted by Gasteiger charge is -2.60. The summed E-state index contributed by atoms with van der Waals surface area (Å²) >= 11 is 0. The number of fused-ring (bicyclic) bond motifs is 7. The highest BCUT2D eigenvalue weighted by Crippen LogP contribution is 2.69. The summed E-state index contributed by atoms with van der Waals surface area (Å²) in [7, 11) is 0. The Labute approximate surface area is 196 Å². The van der Waals surface area contributed by atoms with Crippen LogP contribution in [-0.2, 0) is 9.53 Å². The van der Waals surface area contributed by atoms with E-state index in [2.05, 4.69) is 39.9 Å². The first-order valence-electron chi connectivity index (χ1n) is 13.8. The van der Waals surface area contributed by atoms with E-state index < -0.39 is 0 Å². The summed E-state index contributed by atoms with van der Waals surface area (Å²) in [5.41, 5.74) is 1.18. The van der Waals surface area contributed by atoms with Gasteiger partial charge in [-0.05, 0) is 91.3 Å². The second-order valence-electron chi connectivity index (χ2n) is 12.7. The van der Waals surface area contributed by atoms with Crippen molar-refractivity contribution < 1.29 is 14.6 Å². The molecule has 0 aromatic carbocycles. The molecule has 32 heavy (non-hydrogen) atoms. The van der Waals surface area contributed by atoms with E-state index in [0.717, 1.165) is 42.1 Å². The van der Waals surface area contributed by atoms with Gasteiger partial charge in [0.1, 0.15) is 6.23 Å². The highest BCUT2D eigenvalue weighted by molar-refractivity contribution is 5.32. The molecule has 1 aliphatic heterocycles. The standard InChI is InChI=1S/C27H47NO.CH2O2/c1-6-17(2)16-28-25-18(3)24-23(29-25)15-22-20-11-10-19-9-7-8-13-26(19,4)21(20)12-14-27(22,24)5;2-1-3/h17-25,28H,6-16H2,1-5H3;1H,(H,2,3)/t17-,18-,19?,20+,21?,22?,23-,24?,25-,26-,27-;/m0./s1. The van der Waals surface area contributed by atoms with Crippen LogP contribution in [0.5, 0.6) is 0 Å². The molecule has 0 amide bonds. The molecule has 0 bridgehead atoms. The quantitative estimate of drug-likeness (QED) is 0.494. The zero-order chi connectivity index (χ0) is 23.1. The predicted molar refractivity (Wildman–Crippen MR) is 129 cm³/mol. The molecule has 4 nitrogen and oxygen atoms in total. The number of hydrogen-bond acceptors (Lipinski definition) is 3. The van der Waals surface area contributed by atoms with Crippen LogP contribution < -0.4 is 5.32 Å². The Kier molecular flexibility index (Phi) is 7.33. The summed E-state index contributed by atoms with van der Waals surface area (Å²) in [4.78, 5) is 8.36. The highest BCUT2D eigenvalue weighted by Gasteiger charge is 2.65. The Morgan fingerprint density at radius 1 is 1.09 bits per heavy atom. The lowest BCUT2D eigenvalue weighted by molar-refractivity contribution is -0.122. The monoisotopic (exact) mass is 447 g/mol. The van der Waals surface area contributed by atoms with Gasteiger partial charge in [-0.25, -0.2) is 0 Å². The van der Waals surface area contributed by atoms with Gasteiger partial charge >= 0.3 is 0 Å². The first kappa shape index (κ1) is 24.5. The average molecular weight is 448 g/mol.